The number of ether oxygens (including phenoxy) is 1. The standard InChI is InChI=1S/C18H28N6O/c1-13(2)18-15(5-4-10-25-18)22-17-11-16(20-12-21-17)19-8-6-14-7-9-24(3)23-14/h7,9,11-13,15,18H,4-6,8,10H2,1-3H3,(H2,19,20,21,22). The first-order valence-corrected chi connectivity index (χ1v) is 9.04. The molecule has 7 nitrogen and oxygen atoms in total. The van der Waals surface area contributed by atoms with Crippen molar-refractivity contribution in [3.8, 4) is 0 Å². The van der Waals surface area contributed by atoms with Crippen molar-refractivity contribution in [3.05, 3.63) is 30.4 Å². The lowest BCUT2D eigenvalue weighted by Gasteiger charge is -2.35. The minimum Gasteiger partial charge on any atom is -0.376 e. The van der Waals surface area contributed by atoms with E-state index in [1.807, 2.05) is 30.1 Å². The third-order valence-corrected chi connectivity index (χ3v) is 4.48. The van der Waals surface area contributed by atoms with Crippen LogP contribution in [0.1, 0.15) is 32.4 Å². The minimum absolute atomic E-state index is 0.226. The van der Waals surface area contributed by atoms with Crippen LogP contribution in [0.2, 0.25) is 0 Å². The van der Waals surface area contributed by atoms with Crippen LogP contribution < -0.4 is 10.6 Å². The fourth-order valence-electron chi connectivity index (χ4n) is 3.25. The van der Waals surface area contributed by atoms with E-state index in [1.54, 1.807) is 6.33 Å². The smallest absolute Gasteiger partial charge is 0.131 e. The van der Waals surface area contributed by atoms with Gasteiger partial charge in [-0.15, -0.1) is 0 Å². The normalized spacial score (nSPS) is 20.6. The van der Waals surface area contributed by atoms with Crippen molar-refractivity contribution in [3.63, 3.8) is 0 Å². The summed E-state index contributed by atoms with van der Waals surface area (Å²) in [6.45, 7) is 6.05. The van der Waals surface area contributed by atoms with Gasteiger partial charge in [0.1, 0.15) is 18.0 Å². The van der Waals surface area contributed by atoms with Gasteiger partial charge in [0.2, 0.25) is 0 Å². The number of rotatable bonds is 7. The van der Waals surface area contributed by atoms with Gasteiger partial charge in [-0.05, 0) is 24.8 Å². The first-order chi connectivity index (χ1) is 12.1. The van der Waals surface area contributed by atoms with E-state index >= 15 is 0 Å². The van der Waals surface area contributed by atoms with Crippen LogP contribution in [0.5, 0.6) is 0 Å². The molecule has 1 aliphatic heterocycles. The second-order valence-electron chi connectivity index (χ2n) is 6.92. The van der Waals surface area contributed by atoms with Crippen molar-refractivity contribution in [2.75, 3.05) is 23.8 Å². The molecule has 1 saturated heterocycles. The molecule has 2 unspecified atom stereocenters. The summed E-state index contributed by atoms with van der Waals surface area (Å²) in [6, 6.07) is 4.29. The predicted octanol–water partition coefficient (Wildman–Crippen LogP) is 2.48. The molecule has 7 heteroatoms. The van der Waals surface area contributed by atoms with Crippen LogP contribution in [-0.2, 0) is 18.2 Å². The molecule has 1 aliphatic rings. The SMILES string of the molecule is CC(C)C1OCCCC1Nc1cc(NCCc2ccn(C)n2)ncn1. The van der Waals surface area contributed by atoms with E-state index in [-0.39, 0.29) is 6.10 Å². The molecule has 0 bridgehead atoms. The van der Waals surface area contributed by atoms with Gasteiger partial charge in [0.05, 0.1) is 17.8 Å². The van der Waals surface area contributed by atoms with Crippen LogP contribution in [-0.4, -0.2) is 45.0 Å². The van der Waals surface area contributed by atoms with Crippen LogP contribution in [0, 0.1) is 5.92 Å². The van der Waals surface area contributed by atoms with E-state index < -0.39 is 0 Å². The Labute approximate surface area is 149 Å². The maximum atomic E-state index is 5.94. The molecule has 0 saturated carbocycles. The Morgan fingerprint density at radius 3 is 2.92 bits per heavy atom. The highest BCUT2D eigenvalue weighted by atomic mass is 16.5. The Morgan fingerprint density at radius 2 is 2.16 bits per heavy atom. The van der Waals surface area contributed by atoms with Gasteiger partial charge >= 0.3 is 0 Å². The summed E-state index contributed by atoms with van der Waals surface area (Å²) < 4.78 is 7.76. The molecule has 0 radical (unpaired) electrons. The van der Waals surface area contributed by atoms with Gasteiger partial charge in [-0.2, -0.15) is 5.10 Å². The van der Waals surface area contributed by atoms with Crippen molar-refractivity contribution in [2.45, 2.75) is 45.3 Å². The lowest BCUT2D eigenvalue weighted by atomic mass is 9.94. The molecule has 2 aromatic heterocycles. The van der Waals surface area contributed by atoms with Crippen LogP contribution in [0.4, 0.5) is 11.6 Å². The topological polar surface area (TPSA) is 76.9 Å². The fraction of sp³-hybridized carbons (Fsp3) is 0.611. The number of aryl methyl sites for hydroxylation is 1. The highest BCUT2D eigenvalue weighted by Crippen LogP contribution is 2.23. The van der Waals surface area contributed by atoms with Crippen LogP contribution in [0.15, 0.2) is 24.7 Å². The van der Waals surface area contributed by atoms with E-state index in [2.05, 4.69) is 39.5 Å². The molecule has 0 aliphatic carbocycles. The highest BCUT2D eigenvalue weighted by Gasteiger charge is 2.28. The van der Waals surface area contributed by atoms with E-state index in [4.69, 9.17) is 4.74 Å². The minimum atomic E-state index is 0.226. The molecule has 2 aromatic rings. The van der Waals surface area contributed by atoms with Gasteiger partial charge < -0.3 is 15.4 Å². The molecular formula is C18H28N6O. The summed E-state index contributed by atoms with van der Waals surface area (Å²) in [7, 11) is 1.93. The quantitative estimate of drug-likeness (QED) is 0.803. The first kappa shape index (κ1) is 17.7. The largest absolute Gasteiger partial charge is 0.376 e. The molecule has 1 fully saturated rings. The van der Waals surface area contributed by atoms with E-state index in [1.165, 1.54) is 0 Å². The summed E-state index contributed by atoms with van der Waals surface area (Å²) in [5, 5.41) is 11.3. The summed E-state index contributed by atoms with van der Waals surface area (Å²) in [5.41, 5.74) is 1.07. The van der Waals surface area contributed by atoms with Crippen molar-refractivity contribution < 1.29 is 4.74 Å². The van der Waals surface area contributed by atoms with Crippen molar-refractivity contribution in [2.24, 2.45) is 13.0 Å². The van der Waals surface area contributed by atoms with Gasteiger partial charge in [0.25, 0.3) is 0 Å². The first-order valence-electron chi connectivity index (χ1n) is 9.04. The lowest BCUT2D eigenvalue weighted by molar-refractivity contribution is -0.0203. The van der Waals surface area contributed by atoms with Gasteiger partial charge in [0, 0.05) is 38.9 Å². The average Bonchev–Trinajstić information content (AvgIpc) is 3.01. The maximum Gasteiger partial charge on any atom is 0.131 e. The van der Waals surface area contributed by atoms with Crippen LogP contribution >= 0.6 is 0 Å². The summed E-state index contributed by atoms with van der Waals surface area (Å²) in [6.07, 6.45) is 6.83. The molecule has 2 atom stereocenters. The molecule has 2 N–H and O–H groups in total. The average molecular weight is 344 g/mol. The van der Waals surface area contributed by atoms with Crippen LogP contribution in [0.3, 0.4) is 0 Å². The number of hydrogen-bond donors (Lipinski definition) is 2. The van der Waals surface area contributed by atoms with E-state index in [9.17, 15) is 0 Å². The molecule has 136 valence electrons. The third-order valence-electron chi connectivity index (χ3n) is 4.48. The number of nitrogens with one attached hydrogen (secondary N) is 2. The summed E-state index contributed by atoms with van der Waals surface area (Å²) in [5.74, 6) is 2.15. The Bertz CT molecular complexity index is 671. The molecule has 0 aromatic carbocycles. The van der Waals surface area contributed by atoms with E-state index in [0.29, 0.717) is 12.0 Å². The van der Waals surface area contributed by atoms with E-state index in [0.717, 1.165) is 49.7 Å². The maximum absolute atomic E-state index is 5.94. The van der Waals surface area contributed by atoms with Crippen molar-refractivity contribution in [1.29, 1.82) is 0 Å². The molecular weight excluding hydrogens is 316 g/mol. The lowest BCUT2D eigenvalue weighted by Crippen LogP contribution is -2.43. The summed E-state index contributed by atoms with van der Waals surface area (Å²) >= 11 is 0. The highest BCUT2D eigenvalue weighted by molar-refractivity contribution is 5.47. The fourth-order valence-corrected chi connectivity index (χ4v) is 3.25. The number of nitrogens with zero attached hydrogens (tertiary/aromatic N) is 4. The predicted molar refractivity (Wildman–Crippen MR) is 98.7 cm³/mol. The Morgan fingerprint density at radius 1 is 1.32 bits per heavy atom. The Hall–Kier alpha value is -2.15. The zero-order valence-electron chi connectivity index (χ0n) is 15.3. The van der Waals surface area contributed by atoms with Gasteiger partial charge in [0.15, 0.2) is 0 Å². The molecule has 3 heterocycles. The monoisotopic (exact) mass is 344 g/mol. The Kier molecular flexibility index (Phi) is 5.86. The zero-order chi connectivity index (χ0) is 17.6. The second kappa shape index (κ2) is 8.29. The Balaban J connectivity index is 1.55. The molecule has 25 heavy (non-hydrogen) atoms. The van der Waals surface area contributed by atoms with Crippen molar-refractivity contribution >= 4 is 11.6 Å². The molecule has 0 amide bonds. The number of anilines is 2. The number of aromatic nitrogens is 4. The molecule has 0 spiro atoms. The second-order valence-corrected chi connectivity index (χ2v) is 6.92. The third kappa shape index (κ3) is 4.92. The molecule has 3 rings (SSSR count). The van der Waals surface area contributed by atoms with Crippen molar-refractivity contribution in [1.82, 2.24) is 19.7 Å². The van der Waals surface area contributed by atoms with Gasteiger partial charge in [-0.25, -0.2) is 9.97 Å². The van der Waals surface area contributed by atoms with Gasteiger partial charge in [-0.3, -0.25) is 4.68 Å². The van der Waals surface area contributed by atoms with Gasteiger partial charge in [-0.1, -0.05) is 13.8 Å². The summed E-state index contributed by atoms with van der Waals surface area (Å²) in [4.78, 5) is 8.67. The van der Waals surface area contributed by atoms with Crippen LogP contribution in [0.25, 0.3) is 0 Å². The zero-order valence-corrected chi connectivity index (χ0v) is 15.3. The number of hydrogen-bond acceptors (Lipinski definition) is 6.